The van der Waals surface area contributed by atoms with E-state index in [-0.39, 0.29) is 23.2 Å². The first kappa shape index (κ1) is 10.1. The maximum absolute atomic E-state index is 14.3. The van der Waals surface area contributed by atoms with Crippen LogP contribution in [0, 0.1) is 58.2 Å². The SMILES string of the molecule is N#CCCOC[C@@]12C3[C@H]4[C@@H]5[C@H](C[C@@H]41)[C@H]2C(F)(F)[C@H]35. The van der Waals surface area contributed by atoms with E-state index in [0.29, 0.717) is 43.3 Å². The molecule has 0 radical (unpaired) electrons. The second-order valence-corrected chi connectivity index (χ2v) is 6.94. The van der Waals surface area contributed by atoms with Crippen molar-refractivity contribution in [2.75, 3.05) is 13.2 Å². The molecule has 0 aliphatic heterocycles. The third-order valence-corrected chi connectivity index (χ3v) is 7.03. The number of nitrogens with zero attached hydrogens (tertiary/aromatic N) is 1. The van der Waals surface area contributed by atoms with Gasteiger partial charge in [-0.2, -0.15) is 5.26 Å². The number of halogens is 2. The Labute approximate surface area is 104 Å². The van der Waals surface area contributed by atoms with Gasteiger partial charge in [0.25, 0.3) is 5.92 Å². The maximum atomic E-state index is 14.3. The topological polar surface area (TPSA) is 33.0 Å². The Balaban J connectivity index is 1.45. The predicted molar refractivity (Wildman–Crippen MR) is 57.5 cm³/mol. The lowest BCUT2D eigenvalue weighted by Gasteiger charge is -2.69. The second-order valence-electron chi connectivity index (χ2n) is 6.94. The molecule has 6 saturated carbocycles. The Hall–Kier alpha value is -0.690. The van der Waals surface area contributed by atoms with Crippen LogP contribution >= 0.6 is 0 Å². The summed E-state index contributed by atoms with van der Waals surface area (Å²) in [6, 6.07) is 2.04. The van der Waals surface area contributed by atoms with Gasteiger partial charge in [-0.25, -0.2) is 8.78 Å². The van der Waals surface area contributed by atoms with Crippen molar-refractivity contribution in [1.29, 1.82) is 5.26 Å². The van der Waals surface area contributed by atoms with Crippen LogP contribution in [0.2, 0.25) is 0 Å². The Kier molecular flexibility index (Phi) is 1.47. The van der Waals surface area contributed by atoms with Crippen molar-refractivity contribution in [2.45, 2.75) is 18.8 Å². The number of hydrogen-bond donors (Lipinski definition) is 0. The molecule has 0 spiro atoms. The molecule has 0 aromatic rings. The van der Waals surface area contributed by atoms with Crippen molar-refractivity contribution in [2.24, 2.45) is 46.8 Å². The van der Waals surface area contributed by atoms with Crippen molar-refractivity contribution in [1.82, 2.24) is 0 Å². The summed E-state index contributed by atoms with van der Waals surface area (Å²) in [4.78, 5) is 0. The van der Waals surface area contributed by atoms with E-state index in [9.17, 15) is 8.78 Å². The van der Waals surface area contributed by atoms with Gasteiger partial charge in [-0.05, 0) is 36.0 Å². The summed E-state index contributed by atoms with van der Waals surface area (Å²) in [5.41, 5.74) is -0.187. The smallest absolute Gasteiger partial charge is 0.255 e. The second kappa shape index (κ2) is 2.60. The van der Waals surface area contributed by atoms with E-state index in [0.717, 1.165) is 6.42 Å². The Morgan fingerprint density at radius 3 is 2.89 bits per heavy atom. The minimum atomic E-state index is -2.42. The molecule has 0 N–H and O–H groups in total. The molecule has 96 valence electrons. The minimum Gasteiger partial charge on any atom is -0.380 e. The number of ether oxygens (including phenoxy) is 1. The van der Waals surface area contributed by atoms with Crippen LogP contribution in [-0.2, 0) is 4.74 Å². The summed E-state index contributed by atoms with van der Waals surface area (Å²) < 4.78 is 34.3. The lowest BCUT2D eigenvalue weighted by molar-refractivity contribution is -0.261. The fourth-order valence-electron chi connectivity index (χ4n) is 7.09. The summed E-state index contributed by atoms with van der Waals surface area (Å²) >= 11 is 0. The van der Waals surface area contributed by atoms with Gasteiger partial charge in [0.2, 0.25) is 0 Å². The maximum Gasteiger partial charge on any atom is 0.255 e. The van der Waals surface area contributed by atoms with Gasteiger partial charge in [0, 0.05) is 17.3 Å². The number of alkyl halides is 2. The quantitative estimate of drug-likeness (QED) is 0.718. The molecule has 18 heavy (non-hydrogen) atoms. The summed E-state index contributed by atoms with van der Waals surface area (Å²) in [6.07, 6.45) is 1.40. The molecule has 0 aromatic heterocycles. The van der Waals surface area contributed by atoms with Gasteiger partial charge in [0.05, 0.1) is 25.7 Å². The fraction of sp³-hybridized carbons (Fsp3) is 0.929. The highest BCUT2D eigenvalue weighted by Crippen LogP contribution is 2.96. The number of rotatable bonds is 4. The van der Waals surface area contributed by atoms with Crippen LogP contribution in [0.5, 0.6) is 0 Å². The first-order chi connectivity index (χ1) is 8.65. The predicted octanol–water partition coefficient (Wildman–Crippen LogP) is 2.31. The van der Waals surface area contributed by atoms with Crippen molar-refractivity contribution in [3.05, 3.63) is 0 Å². The molecule has 0 heterocycles. The molecule has 1 unspecified atom stereocenters. The van der Waals surface area contributed by atoms with Gasteiger partial charge in [-0.3, -0.25) is 0 Å². The largest absolute Gasteiger partial charge is 0.380 e. The third kappa shape index (κ3) is 0.672. The van der Waals surface area contributed by atoms with Gasteiger partial charge in [-0.15, -0.1) is 0 Å². The van der Waals surface area contributed by atoms with Crippen LogP contribution in [-0.4, -0.2) is 19.1 Å². The summed E-state index contributed by atoms with van der Waals surface area (Å²) in [6.45, 7) is 0.889. The molecular formula is C14H15F2NO. The van der Waals surface area contributed by atoms with Crippen LogP contribution in [0.15, 0.2) is 0 Å². The van der Waals surface area contributed by atoms with E-state index < -0.39 is 5.92 Å². The first-order valence-electron chi connectivity index (χ1n) is 6.98. The molecule has 0 amide bonds. The first-order valence-corrected chi connectivity index (χ1v) is 6.98. The molecule has 6 aliphatic rings. The lowest BCUT2D eigenvalue weighted by atomic mass is 9.34. The summed E-state index contributed by atoms with van der Waals surface area (Å²) in [7, 11) is 0. The fourth-order valence-corrected chi connectivity index (χ4v) is 7.09. The highest BCUT2D eigenvalue weighted by atomic mass is 19.3. The molecule has 2 nitrogen and oxygen atoms in total. The molecule has 8 atom stereocenters. The highest BCUT2D eigenvalue weighted by molar-refractivity contribution is 5.41. The molecule has 0 aromatic carbocycles. The van der Waals surface area contributed by atoms with Crippen LogP contribution in [0.1, 0.15) is 12.8 Å². The normalized spacial score (nSPS) is 62.6. The summed E-state index contributed by atoms with van der Waals surface area (Å²) in [5, 5.41) is 8.49. The molecule has 6 aliphatic carbocycles. The standard InChI is InChI=1S/C14H15F2NO/c15-14(16)11-8-6-4-7-9(8)10(11)13(7,12(6)14)5-18-3-1-2-17/h6-12H,1,3-5H2/t6-,7-,8-,9+,10?,11-,12+,13-/m0/s1. The zero-order valence-corrected chi connectivity index (χ0v) is 9.98. The molecule has 4 heteroatoms. The Morgan fingerprint density at radius 1 is 1.28 bits per heavy atom. The van der Waals surface area contributed by atoms with E-state index in [1.807, 2.05) is 6.07 Å². The Bertz CT molecular complexity index is 487. The van der Waals surface area contributed by atoms with Crippen molar-refractivity contribution in [3.8, 4) is 6.07 Å². The van der Waals surface area contributed by atoms with Crippen molar-refractivity contribution < 1.29 is 13.5 Å². The highest BCUT2D eigenvalue weighted by Gasteiger charge is 2.97. The molecular weight excluding hydrogens is 236 g/mol. The van der Waals surface area contributed by atoms with E-state index in [4.69, 9.17) is 10.00 Å². The number of hydrogen-bond acceptors (Lipinski definition) is 2. The number of nitriles is 1. The van der Waals surface area contributed by atoms with Gasteiger partial charge >= 0.3 is 0 Å². The zero-order valence-electron chi connectivity index (χ0n) is 9.98. The van der Waals surface area contributed by atoms with E-state index in [1.165, 1.54) is 0 Å². The third-order valence-electron chi connectivity index (χ3n) is 7.03. The van der Waals surface area contributed by atoms with Gasteiger partial charge in [0.15, 0.2) is 0 Å². The monoisotopic (exact) mass is 251 g/mol. The summed E-state index contributed by atoms with van der Waals surface area (Å²) in [5.74, 6) is -1.06. The Morgan fingerprint density at radius 2 is 2.11 bits per heavy atom. The van der Waals surface area contributed by atoms with Gasteiger partial charge in [-0.1, -0.05) is 0 Å². The van der Waals surface area contributed by atoms with Crippen LogP contribution < -0.4 is 0 Å². The zero-order chi connectivity index (χ0) is 12.3. The van der Waals surface area contributed by atoms with Crippen LogP contribution in [0.3, 0.4) is 0 Å². The lowest BCUT2D eigenvalue weighted by Crippen LogP contribution is -2.69. The van der Waals surface area contributed by atoms with Crippen molar-refractivity contribution >= 4 is 0 Å². The van der Waals surface area contributed by atoms with Crippen molar-refractivity contribution in [3.63, 3.8) is 0 Å². The minimum absolute atomic E-state index is 0.187. The molecule has 6 rings (SSSR count). The van der Waals surface area contributed by atoms with E-state index in [1.54, 1.807) is 0 Å². The average molecular weight is 251 g/mol. The van der Waals surface area contributed by atoms with Gasteiger partial charge in [0.1, 0.15) is 0 Å². The van der Waals surface area contributed by atoms with E-state index in [2.05, 4.69) is 0 Å². The average Bonchev–Trinajstić information content (AvgIpc) is 2.74. The molecule has 4 bridgehead atoms. The van der Waals surface area contributed by atoms with Crippen LogP contribution in [0.25, 0.3) is 0 Å². The molecule has 0 saturated heterocycles. The van der Waals surface area contributed by atoms with E-state index >= 15 is 0 Å². The van der Waals surface area contributed by atoms with Gasteiger partial charge < -0.3 is 4.74 Å². The van der Waals surface area contributed by atoms with Crippen LogP contribution in [0.4, 0.5) is 8.78 Å². The molecule has 6 fully saturated rings.